The van der Waals surface area contributed by atoms with E-state index in [0.717, 1.165) is 23.7 Å². The fourth-order valence-electron chi connectivity index (χ4n) is 3.41. The van der Waals surface area contributed by atoms with Gasteiger partial charge in [-0.25, -0.2) is 0 Å². The van der Waals surface area contributed by atoms with Gasteiger partial charge >= 0.3 is 0 Å². The van der Waals surface area contributed by atoms with Gasteiger partial charge in [-0.1, -0.05) is 48.5 Å². The number of aliphatic hydroxyl groups excluding tert-OH is 1. The lowest BCUT2D eigenvalue weighted by Crippen LogP contribution is -2.44. The molecule has 5 nitrogen and oxygen atoms in total. The van der Waals surface area contributed by atoms with Crippen molar-refractivity contribution >= 4 is 0 Å². The van der Waals surface area contributed by atoms with E-state index in [1.54, 1.807) is 6.92 Å². The molecule has 5 heteroatoms. The Labute approximate surface area is 167 Å². The second kappa shape index (κ2) is 9.04. The zero-order valence-electron chi connectivity index (χ0n) is 17.0. The molecule has 148 valence electrons. The Bertz CT molecular complexity index is 876. The molecule has 3 rings (SSSR count). The second-order valence-corrected chi connectivity index (χ2v) is 7.27. The highest BCUT2D eigenvalue weighted by Crippen LogP contribution is 2.20. The molecule has 0 aliphatic heterocycles. The summed E-state index contributed by atoms with van der Waals surface area (Å²) in [5, 5.41) is 15.0. The first-order chi connectivity index (χ1) is 13.5. The maximum atomic E-state index is 10.3. The van der Waals surface area contributed by atoms with Gasteiger partial charge in [0.25, 0.3) is 0 Å². The summed E-state index contributed by atoms with van der Waals surface area (Å²) in [6, 6.07) is 19.9. The fraction of sp³-hybridized carbons (Fsp3) is 0.348. The Hall–Kier alpha value is -2.63. The maximum Gasteiger partial charge on any atom is 0.178 e. The molecule has 1 N–H and O–H groups in total. The summed E-state index contributed by atoms with van der Waals surface area (Å²) in [5.74, 6) is 0.744. The lowest BCUT2D eigenvalue weighted by Gasteiger charge is -2.30. The van der Waals surface area contributed by atoms with Crippen LogP contribution in [0.4, 0.5) is 0 Å². The quantitative estimate of drug-likeness (QED) is 0.606. The molecular weight excluding hydrogens is 350 g/mol. The van der Waals surface area contributed by atoms with Crippen LogP contribution in [0.15, 0.2) is 60.7 Å². The number of benzene rings is 2. The van der Waals surface area contributed by atoms with Gasteiger partial charge < -0.3 is 9.84 Å². The molecule has 0 saturated heterocycles. The molecule has 0 aliphatic rings. The molecule has 28 heavy (non-hydrogen) atoms. The van der Waals surface area contributed by atoms with Crippen molar-refractivity contribution in [3.8, 4) is 5.75 Å². The van der Waals surface area contributed by atoms with E-state index >= 15 is 0 Å². The molecule has 0 aliphatic carbocycles. The van der Waals surface area contributed by atoms with Crippen LogP contribution < -0.4 is 4.74 Å². The molecule has 0 fully saturated rings. The number of rotatable bonds is 8. The molecule has 0 saturated carbocycles. The van der Waals surface area contributed by atoms with E-state index in [1.165, 1.54) is 11.1 Å². The van der Waals surface area contributed by atoms with E-state index in [9.17, 15) is 5.11 Å². The standard InChI is InChI=1S/C23H29N3O2/c1-17-22(18(2)26(24-17)15-20-11-7-5-8-12-20)16-25(4)23(19(3)27)28-21-13-9-6-10-14-21/h5-14,19,23,27H,15-16H2,1-4H3. The molecule has 3 aromatic rings. The summed E-state index contributed by atoms with van der Waals surface area (Å²) in [5.41, 5.74) is 4.53. The van der Waals surface area contributed by atoms with Crippen molar-refractivity contribution in [3.63, 3.8) is 0 Å². The van der Waals surface area contributed by atoms with Crippen LogP contribution >= 0.6 is 0 Å². The third kappa shape index (κ3) is 4.80. The Balaban J connectivity index is 1.76. The predicted molar refractivity (Wildman–Crippen MR) is 111 cm³/mol. The van der Waals surface area contributed by atoms with Crippen molar-refractivity contribution in [3.05, 3.63) is 83.2 Å². The minimum Gasteiger partial charge on any atom is -0.472 e. The Morgan fingerprint density at radius 1 is 1.04 bits per heavy atom. The number of para-hydroxylation sites is 1. The van der Waals surface area contributed by atoms with Gasteiger partial charge in [0.05, 0.1) is 12.2 Å². The zero-order chi connectivity index (χ0) is 20.1. The number of ether oxygens (including phenoxy) is 1. The molecule has 2 atom stereocenters. The van der Waals surface area contributed by atoms with E-state index in [1.807, 2.05) is 72.1 Å². The third-order valence-corrected chi connectivity index (χ3v) is 4.96. The van der Waals surface area contributed by atoms with Crippen LogP contribution in [0.25, 0.3) is 0 Å². The van der Waals surface area contributed by atoms with Gasteiger partial charge in [-0.05, 0) is 45.5 Å². The molecule has 2 unspecified atom stereocenters. The molecular formula is C23H29N3O2. The maximum absolute atomic E-state index is 10.3. The minimum atomic E-state index is -0.634. The van der Waals surface area contributed by atoms with Crippen LogP contribution in [0.1, 0.15) is 29.4 Å². The monoisotopic (exact) mass is 379 g/mol. The minimum absolute atomic E-state index is 0.446. The predicted octanol–water partition coefficient (Wildman–Crippen LogP) is 3.77. The summed E-state index contributed by atoms with van der Waals surface area (Å²) in [6.45, 7) is 7.28. The summed E-state index contributed by atoms with van der Waals surface area (Å²) in [6.07, 6.45) is -1.08. The SMILES string of the molecule is Cc1nn(Cc2ccccc2)c(C)c1CN(C)C(Oc1ccccc1)C(C)O. The molecule has 2 aromatic carbocycles. The lowest BCUT2D eigenvalue weighted by molar-refractivity contribution is -0.0502. The van der Waals surface area contributed by atoms with E-state index in [0.29, 0.717) is 6.54 Å². The number of aliphatic hydroxyl groups is 1. The number of aromatic nitrogens is 2. The first kappa shape index (κ1) is 20.1. The third-order valence-electron chi connectivity index (χ3n) is 4.96. The van der Waals surface area contributed by atoms with Crippen molar-refractivity contribution in [2.24, 2.45) is 0 Å². The van der Waals surface area contributed by atoms with Gasteiger partial charge in [0.15, 0.2) is 6.23 Å². The number of likely N-dealkylation sites (N-methyl/N-ethyl adjacent to an activating group) is 1. The number of nitrogens with zero attached hydrogens (tertiary/aromatic N) is 3. The van der Waals surface area contributed by atoms with Crippen LogP contribution in [0.3, 0.4) is 0 Å². The van der Waals surface area contributed by atoms with Crippen molar-refractivity contribution < 1.29 is 9.84 Å². The molecule has 1 heterocycles. The van der Waals surface area contributed by atoms with E-state index in [4.69, 9.17) is 9.84 Å². The van der Waals surface area contributed by atoms with Crippen molar-refractivity contribution in [2.45, 2.75) is 46.2 Å². The second-order valence-electron chi connectivity index (χ2n) is 7.27. The van der Waals surface area contributed by atoms with Crippen LogP contribution in [0.2, 0.25) is 0 Å². The van der Waals surface area contributed by atoms with E-state index in [2.05, 4.69) is 19.1 Å². The van der Waals surface area contributed by atoms with Gasteiger partial charge in [-0.2, -0.15) is 5.10 Å². The van der Waals surface area contributed by atoms with E-state index < -0.39 is 12.3 Å². The molecule has 1 aromatic heterocycles. The molecule has 0 radical (unpaired) electrons. The Morgan fingerprint density at radius 2 is 1.64 bits per heavy atom. The highest BCUT2D eigenvalue weighted by molar-refractivity contribution is 5.26. The molecule has 0 bridgehead atoms. The average Bonchev–Trinajstić information content (AvgIpc) is 2.94. The van der Waals surface area contributed by atoms with Crippen LogP contribution in [-0.2, 0) is 13.1 Å². The topological polar surface area (TPSA) is 50.5 Å². The van der Waals surface area contributed by atoms with Gasteiger partial charge in [0, 0.05) is 17.8 Å². The van der Waals surface area contributed by atoms with Gasteiger partial charge in [-0.3, -0.25) is 9.58 Å². The number of hydrogen-bond acceptors (Lipinski definition) is 4. The number of aryl methyl sites for hydroxylation is 1. The summed E-state index contributed by atoms with van der Waals surface area (Å²) >= 11 is 0. The van der Waals surface area contributed by atoms with Crippen molar-refractivity contribution in [1.29, 1.82) is 0 Å². The van der Waals surface area contributed by atoms with Crippen LogP contribution in [-0.4, -0.2) is 39.2 Å². The molecule has 0 amide bonds. The summed E-state index contributed by atoms with van der Waals surface area (Å²) in [4.78, 5) is 2.03. The Kier molecular flexibility index (Phi) is 6.49. The van der Waals surface area contributed by atoms with Gasteiger partial charge in [-0.15, -0.1) is 0 Å². The normalized spacial score (nSPS) is 13.5. The molecule has 0 spiro atoms. The summed E-state index contributed by atoms with van der Waals surface area (Å²) in [7, 11) is 1.97. The number of hydrogen-bond donors (Lipinski definition) is 1. The van der Waals surface area contributed by atoms with Crippen LogP contribution in [0.5, 0.6) is 5.75 Å². The van der Waals surface area contributed by atoms with Crippen molar-refractivity contribution in [1.82, 2.24) is 14.7 Å². The van der Waals surface area contributed by atoms with Gasteiger partial charge in [0.2, 0.25) is 0 Å². The zero-order valence-corrected chi connectivity index (χ0v) is 17.0. The smallest absolute Gasteiger partial charge is 0.178 e. The van der Waals surface area contributed by atoms with Gasteiger partial charge in [0.1, 0.15) is 11.9 Å². The largest absolute Gasteiger partial charge is 0.472 e. The fourth-order valence-corrected chi connectivity index (χ4v) is 3.41. The summed E-state index contributed by atoms with van der Waals surface area (Å²) < 4.78 is 8.09. The average molecular weight is 380 g/mol. The Morgan fingerprint density at radius 3 is 2.25 bits per heavy atom. The van der Waals surface area contributed by atoms with Crippen molar-refractivity contribution in [2.75, 3.05) is 7.05 Å². The lowest BCUT2D eigenvalue weighted by atomic mass is 10.1. The van der Waals surface area contributed by atoms with Crippen LogP contribution in [0, 0.1) is 13.8 Å². The first-order valence-electron chi connectivity index (χ1n) is 9.62. The first-order valence-corrected chi connectivity index (χ1v) is 9.62. The highest BCUT2D eigenvalue weighted by Gasteiger charge is 2.24. The highest BCUT2D eigenvalue weighted by atomic mass is 16.5. The van der Waals surface area contributed by atoms with E-state index in [-0.39, 0.29) is 0 Å².